The molecule has 0 saturated carbocycles. The second kappa shape index (κ2) is 7.89. The summed E-state index contributed by atoms with van der Waals surface area (Å²) in [7, 11) is 4.11. The minimum absolute atomic E-state index is 0.0666. The highest BCUT2D eigenvalue weighted by atomic mass is 16.2. The number of carbonyl (C=O) groups is 1. The normalized spacial score (nSPS) is 17.1. The lowest BCUT2D eigenvalue weighted by molar-refractivity contribution is -0.882. The summed E-state index contributed by atoms with van der Waals surface area (Å²) < 4.78 is 0.568. The molecule has 27 heavy (non-hydrogen) atoms. The van der Waals surface area contributed by atoms with Gasteiger partial charge in [0.25, 0.3) is 5.91 Å². The molecule has 3 heterocycles. The first-order valence-corrected chi connectivity index (χ1v) is 9.37. The Morgan fingerprint density at radius 1 is 1.44 bits per heavy atom. The van der Waals surface area contributed by atoms with Crippen LogP contribution in [0.5, 0.6) is 0 Å². The molecule has 0 radical (unpaired) electrons. The van der Waals surface area contributed by atoms with E-state index in [1.807, 2.05) is 25.1 Å². The van der Waals surface area contributed by atoms with Crippen LogP contribution in [0.4, 0.5) is 0 Å². The number of H-pyrrole nitrogens is 1. The van der Waals surface area contributed by atoms with Crippen LogP contribution in [0.15, 0.2) is 24.4 Å². The summed E-state index contributed by atoms with van der Waals surface area (Å²) in [5, 5.41) is 9.20. The smallest absolute Gasteiger partial charge is 0.278 e. The number of carbonyl (C=O) groups excluding carboxylic acids is 1. The lowest BCUT2D eigenvalue weighted by atomic mass is 10.2. The Balaban J connectivity index is 1.61. The van der Waals surface area contributed by atoms with Gasteiger partial charge in [0.2, 0.25) is 0 Å². The van der Waals surface area contributed by atoms with Gasteiger partial charge in [-0.15, -0.1) is 0 Å². The van der Waals surface area contributed by atoms with Gasteiger partial charge in [-0.1, -0.05) is 6.07 Å². The quantitative estimate of drug-likeness (QED) is 0.791. The van der Waals surface area contributed by atoms with Crippen LogP contribution in [-0.2, 0) is 11.2 Å². The van der Waals surface area contributed by atoms with E-state index in [0.717, 1.165) is 48.7 Å². The molecule has 2 aromatic heterocycles. The Hall–Kier alpha value is -2.72. The summed E-state index contributed by atoms with van der Waals surface area (Å²) in [6, 6.07) is 7.74. The first-order chi connectivity index (χ1) is 12.9. The fourth-order valence-corrected chi connectivity index (χ4v) is 3.51. The van der Waals surface area contributed by atoms with E-state index < -0.39 is 0 Å². The molecule has 7 heteroatoms. The first-order valence-electron chi connectivity index (χ1n) is 9.37. The summed E-state index contributed by atoms with van der Waals surface area (Å²) in [5.74, 6) is 0.843. The number of rotatable bonds is 6. The Morgan fingerprint density at radius 2 is 2.26 bits per heavy atom. The van der Waals surface area contributed by atoms with Crippen LogP contribution in [0.1, 0.15) is 24.2 Å². The van der Waals surface area contributed by atoms with Crippen molar-refractivity contribution < 1.29 is 9.28 Å². The molecule has 0 aliphatic carbocycles. The molecule has 0 unspecified atom stereocenters. The minimum Gasteiger partial charge on any atom is -0.341 e. The van der Waals surface area contributed by atoms with Gasteiger partial charge in [-0.2, -0.15) is 5.26 Å². The number of aromatic amines is 1. The third kappa shape index (κ3) is 4.52. The Bertz CT molecular complexity index is 836. The Morgan fingerprint density at radius 3 is 2.96 bits per heavy atom. The SMILES string of the molecule is Cc1[nH]c(-c2ccccn2)nc1CC[N+](C)(C)CC(=O)N1CCC[C@H]1C#N. The molecule has 142 valence electrons. The zero-order chi connectivity index (χ0) is 19.4. The van der Waals surface area contributed by atoms with Crippen molar-refractivity contribution in [2.75, 3.05) is 33.7 Å². The van der Waals surface area contributed by atoms with Crippen molar-refractivity contribution in [1.29, 1.82) is 5.26 Å². The number of imidazole rings is 1. The number of aryl methyl sites for hydroxylation is 1. The van der Waals surface area contributed by atoms with Crippen LogP contribution < -0.4 is 0 Å². The van der Waals surface area contributed by atoms with E-state index in [9.17, 15) is 10.1 Å². The van der Waals surface area contributed by atoms with Gasteiger partial charge in [0, 0.05) is 24.9 Å². The number of nitriles is 1. The number of nitrogens with zero attached hydrogens (tertiary/aromatic N) is 5. The van der Waals surface area contributed by atoms with Crippen molar-refractivity contribution in [1.82, 2.24) is 19.9 Å². The zero-order valence-corrected chi connectivity index (χ0v) is 16.3. The van der Waals surface area contributed by atoms with Crippen LogP contribution in [-0.4, -0.2) is 70.0 Å². The molecule has 0 spiro atoms. The molecular weight excluding hydrogens is 340 g/mol. The minimum atomic E-state index is -0.257. The molecule has 1 aliphatic rings. The predicted molar refractivity (Wildman–Crippen MR) is 102 cm³/mol. The molecule has 2 aromatic rings. The molecule has 0 aromatic carbocycles. The third-order valence-corrected chi connectivity index (χ3v) is 5.13. The highest BCUT2D eigenvalue weighted by Crippen LogP contribution is 2.19. The zero-order valence-electron chi connectivity index (χ0n) is 16.3. The molecule has 1 atom stereocenters. The van der Waals surface area contributed by atoms with E-state index in [1.165, 1.54) is 0 Å². The number of pyridine rings is 1. The van der Waals surface area contributed by atoms with Gasteiger partial charge in [0.1, 0.15) is 11.7 Å². The maximum Gasteiger partial charge on any atom is 0.278 e. The van der Waals surface area contributed by atoms with E-state index in [2.05, 4.69) is 30.1 Å². The van der Waals surface area contributed by atoms with Crippen molar-refractivity contribution >= 4 is 5.91 Å². The number of hydrogen-bond donors (Lipinski definition) is 1. The van der Waals surface area contributed by atoms with Gasteiger partial charge in [-0.05, 0) is 31.9 Å². The summed E-state index contributed by atoms with van der Waals surface area (Å²) in [4.78, 5) is 26.7. The average molecular weight is 367 g/mol. The number of amides is 1. The van der Waals surface area contributed by atoms with E-state index in [1.54, 1.807) is 11.1 Å². The standard InChI is InChI=1S/C20H27N6O/c1-15-17(24-20(23-15)18-8-4-5-10-22-18)9-12-26(2,3)14-19(27)25-11-6-7-16(25)13-21/h4-5,8,10,16H,6-7,9,11-12,14H2,1-3H3,(H,23,24)/q+1/t16-/m0/s1. The fourth-order valence-electron chi connectivity index (χ4n) is 3.51. The molecule has 1 aliphatic heterocycles. The van der Waals surface area contributed by atoms with Crippen LogP contribution in [0.25, 0.3) is 11.5 Å². The molecule has 1 saturated heterocycles. The molecule has 0 bridgehead atoms. The molecule has 3 rings (SSSR count). The van der Waals surface area contributed by atoms with Gasteiger partial charge in [0.05, 0.1) is 32.4 Å². The van der Waals surface area contributed by atoms with Crippen LogP contribution in [0, 0.1) is 18.3 Å². The monoisotopic (exact) mass is 367 g/mol. The molecular formula is C20H27N6O+. The maximum atomic E-state index is 12.6. The lowest BCUT2D eigenvalue weighted by Gasteiger charge is -2.31. The number of likely N-dealkylation sites (tertiary alicyclic amines) is 1. The summed E-state index contributed by atoms with van der Waals surface area (Å²) >= 11 is 0. The number of quaternary nitrogens is 1. The number of nitrogens with one attached hydrogen (secondary N) is 1. The van der Waals surface area contributed by atoms with Crippen molar-refractivity contribution in [3.63, 3.8) is 0 Å². The second-order valence-electron chi connectivity index (χ2n) is 7.81. The van der Waals surface area contributed by atoms with E-state index in [4.69, 9.17) is 4.98 Å². The summed E-state index contributed by atoms with van der Waals surface area (Å²) in [5.41, 5.74) is 2.86. The van der Waals surface area contributed by atoms with Gasteiger partial charge in [0.15, 0.2) is 12.4 Å². The van der Waals surface area contributed by atoms with Crippen molar-refractivity contribution in [2.45, 2.75) is 32.2 Å². The number of likely N-dealkylation sites (N-methyl/N-ethyl adjacent to an activating group) is 1. The van der Waals surface area contributed by atoms with Crippen molar-refractivity contribution in [3.05, 3.63) is 35.8 Å². The lowest BCUT2D eigenvalue weighted by Crippen LogP contribution is -2.50. The number of hydrogen-bond acceptors (Lipinski definition) is 4. The Kier molecular flexibility index (Phi) is 5.57. The summed E-state index contributed by atoms with van der Waals surface area (Å²) in [6.45, 7) is 3.91. The highest BCUT2D eigenvalue weighted by molar-refractivity contribution is 5.78. The van der Waals surface area contributed by atoms with E-state index in [-0.39, 0.29) is 11.9 Å². The van der Waals surface area contributed by atoms with Crippen molar-refractivity contribution in [2.24, 2.45) is 0 Å². The van der Waals surface area contributed by atoms with Crippen LogP contribution >= 0.6 is 0 Å². The second-order valence-corrected chi connectivity index (χ2v) is 7.81. The highest BCUT2D eigenvalue weighted by Gasteiger charge is 2.32. The maximum absolute atomic E-state index is 12.6. The van der Waals surface area contributed by atoms with Crippen LogP contribution in [0.2, 0.25) is 0 Å². The fraction of sp³-hybridized carbons (Fsp3) is 0.500. The van der Waals surface area contributed by atoms with Crippen LogP contribution in [0.3, 0.4) is 0 Å². The van der Waals surface area contributed by atoms with Gasteiger partial charge < -0.3 is 14.4 Å². The van der Waals surface area contributed by atoms with E-state index in [0.29, 0.717) is 17.6 Å². The topological polar surface area (TPSA) is 85.7 Å². The molecule has 1 fully saturated rings. The molecule has 7 nitrogen and oxygen atoms in total. The largest absolute Gasteiger partial charge is 0.341 e. The van der Waals surface area contributed by atoms with Gasteiger partial charge >= 0.3 is 0 Å². The average Bonchev–Trinajstić information content (AvgIpc) is 3.27. The van der Waals surface area contributed by atoms with Gasteiger partial charge in [-0.25, -0.2) is 4.98 Å². The van der Waals surface area contributed by atoms with E-state index >= 15 is 0 Å². The molecule has 1 amide bonds. The summed E-state index contributed by atoms with van der Waals surface area (Å²) in [6.07, 6.45) is 4.24. The third-order valence-electron chi connectivity index (χ3n) is 5.13. The molecule has 1 N–H and O–H groups in total. The first kappa shape index (κ1) is 19.1. The predicted octanol–water partition coefficient (Wildman–Crippen LogP) is 1.91. The Labute approximate surface area is 160 Å². The van der Waals surface area contributed by atoms with Crippen molar-refractivity contribution in [3.8, 4) is 17.6 Å². The van der Waals surface area contributed by atoms with Gasteiger partial charge in [-0.3, -0.25) is 9.78 Å². The number of aromatic nitrogens is 3.